The van der Waals surface area contributed by atoms with Gasteiger partial charge in [0.1, 0.15) is 5.76 Å². The fourth-order valence-electron chi connectivity index (χ4n) is 1.29. The summed E-state index contributed by atoms with van der Waals surface area (Å²) in [6.07, 6.45) is 3.02. The third-order valence-electron chi connectivity index (χ3n) is 2.11. The maximum absolute atomic E-state index is 11.8. The molecule has 0 fully saturated rings. The molecule has 0 bridgehead atoms. The zero-order valence-corrected chi connectivity index (χ0v) is 9.28. The van der Waals surface area contributed by atoms with Gasteiger partial charge in [-0.3, -0.25) is 4.79 Å². The van der Waals surface area contributed by atoms with E-state index in [2.05, 4.69) is 10.3 Å². The molecule has 16 heavy (non-hydrogen) atoms. The van der Waals surface area contributed by atoms with Gasteiger partial charge >= 0.3 is 0 Å². The molecule has 0 unspecified atom stereocenters. The highest BCUT2D eigenvalue weighted by Crippen LogP contribution is 2.19. The average molecular weight is 237 g/mol. The zero-order valence-electron chi connectivity index (χ0n) is 8.53. The number of nitrogens with one attached hydrogen (secondary N) is 1. The number of aryl methyl sites for hydroxylation is 1. The normalized spacial score (nSPS) is 10.1. The molecule has 0 radical (unpaired) electrons. The second-order valence-electron chi connectivity index (χ2n) is 3.19. The lowest BCUT2D eigenvalue weighted by Gasteiger charge is -2.04. The van der Waals surface area contributed by atoms with Crippen molar-refractivity contribution in [1.82, 2.24) is 4.98 Å². The maximum Gasteiger partial charge on any atom is 0.259 e. The molecular weight excluding hydrogens is 228 g/mol. The Labute approximate surface area is 97.2 Å². The molecule has 2 aromatic rings. The van der Waals surface area contributed by atoms with E-state index in [1.807, 2.05) is 0 Å². The average Bonchev–Trinajstić information content (AvgIpc) is 2.68. The predicted octanol–water partition coefficient (Wildman–Crippen LogP) is 2.89. The number of carbonyl (C=O) groups excluding carboxylic acids is 1. The molecule has 5 heteroatoms. The maximum atomic E-state index is 11.8. The van der Waals surface area contributed by atoms with Crippen molar-refractivity contribution in [1.29, 1.82) is 0 Å². The standard InChI is InChI=1S/C11H9ClN2O2/c1-7-8(4-6-16-7)11(15)14-9-3-2-5-13-10(9)12/h2-6H,1H3,(H,14,15). The van der Waals surface area contributed by atoms with Crippen LogP contribution in [0.2, 0.25) is 5.15 Å². The first-order valence-electron chi connectivity index (χ1n) is 4.64. The van der Waals surface area contributed by atoms with E-state index in [9.17, 15) is 4.79 Å². The van der Waals surface area contributed by atoms with Gasteiger partial charge in [0.2, 0.25) is 0 Å². The first-order chi connectivity index (χ1) is 7.68. The van der Waals surface area contributed by atoms with Crippen LogP contribution in [0.25, 0.3) is 0 Å². The van der Waals surface area contributed by atoms with Crippen molar-refractivity contribution in [3.05, 3.63) is 47.1 Å². The highest BCUT2D eigenvalue weighted by molar-refractivity contribution is 6.32. The van der Waals surface area contributed by atoms with E-state index in [-0.39, 0.29) is 11.1 Å². The number of anilines is 1. The van der Waals surface area contributed by atoms with Crippen LogP contribution in [-0.4, -0.2) is 10.9 Å². The van der Waals surface area contributed by atoms with Gasteiger partial charge < -0.3 is 9.73 Å². The van der Waals surface area contributed by atoms with Crippen LogP contribution in [-0.2, 0) is 0 Å². The molecule has 0 aliphatic rings. The monoisotopic (exact) mass is 236 g/mol. The lowest BCUT2D eigenvalue weighted by molar-refractivity contribution is 0.102. The molecule has 0 aliphatic heterocycles. The van der Waals surface area contributed by atoms with Gasteiger partial charge in [-0.15, -0.1) is 0 Å². The van der Waals surface area contributed by atoms with Crippen LogP contribution in [0, 0.1) is 6.92 Å². The Morgan fingerprint density at radius 1 is 1.50 bits per heavy atom. The quantitative estimate of drug-likeness (QED) is 0.816. The third kappa shape index (κ3) is 2.06. The van der Waals surface area contributed by atoms with Crippen LogP contribution in [0.3, 0.4) is 0 Å². The third-order valence-corrected chi connectivity index (χ3v) is 2.41. The molecule has 0 atom stereocenters. The second-order valence-corrected chi connectivity index (χ2v) is 3.54. The largest absolute Gasteiger partial charge is 0.469 e. The van der Waals surface area contributed by atoms with Crippen molar-refractivity contribution in [2.75, 3.05) is 5.32 Å². The lowest BCUT2D eigenvalue weighted by Crippen LogP contribution is -2.12. The Bertz CT molecular complexity index is 522. The van der Waals surface area contributed by atoms with Crippen molar-refractivity contribution in [2.24, 2.45) is 0 Å². The van der Waals surface area contributed by atoms with Gasteiger partial charge in [-0.25, -0.2) is 4.98 Å². The summed E-state index contributed by atoms with van der Waals surface area (Å²) in [5, 5.41) is 2.92. The van der Waals surface area contributed by atoms with Crippen molar-refractivity contribution < 1.29 is 9.21 Å². The molecule has 0 spiro atoms. The van der Waals surface area contributed by atoms with Crippen LogP contribution in [0.5, 0.6) is 0 Å². The minimum absolute atomic E-state index is 0.261. The van der Waals surface area contributed by atoms with Crippen molar-refractivity contribution in [2.45, 2.75) is 6.92 Å². The van der Waals surface area contributed by atoms with Crippen LogP contribution in [0.15, 0.2) is 35.1 Å². The van der Waals surface area contributed by atoms with Crippen LogP contribution >= 0.6 is 11.6 Å². The Kier molecular flexibility index (Phi) is 2.92. The molecule has 2 aromatic heterocycles. The summed E-state index contributed by atoms with van der Waals surface area (Å²) in [4.78, 5) is 15.7. The number of carbonyl (C=O) groups is 1. The molecule has 0 saturated carbocycles. The molecule has 2 rings (SSSR count). The molecule has 2 heterocycles. The topological polar surface area (TPSA) is 55.1 Å². The number of aromatic nitrogens is 1. The van der Waals surface area contributed by atoms with Gasteiger partial charge in [0.05, 0.1) is 17.5 Å². The van der Waals surface area contributed by atoms with Crippen molar-refractivity contribution in [3.8, 4) is 0 Å². The van der Waals surface area contributed by atoms with Crippen molar-refractivity contribution >= 4 is 23.2 Å². The summed E-state index contributed by atoms with van der Waals surface area (Å²) in [6.45, 7) is 1.72. The first-order valence-corrected chi connectivity index (χ1v) is 5.02. The number of pyridine rings is 1. The van der Waals surface area contributed by atoms with E-state index in [1.165, 1.54) is 6.26 Å². The Balaban J connectivity index is 2.21. The predicted molar refractivity (Wildman–Crippen MR) is 60.6 cm³/mol. The number of furan rings is 1. The Morgan fingerprint density at radius 3 is 2.94 bits per heavy atom. The second kappa shape index (κ2) is 4.37. The highest BCUT2D eigenvalue weighted by Gasteiger charge is 2.12. The number of amides is 1. The lowest BCUT2D eigenvalue weighted by atomic mass is 10.2. The minimum Gasteiger partial charge on any atom is -0.469 e. The fraction of sp³-hybridized carbons (Fsp3) is 0.0909. The van der Waals surface area contributed by atoms with Crippen molar-refractivity contribution in [3.63, 3.8) is 0 Å². The minimum atomic E-state index is -0.263. The molecule has 82 valence electrons. The number of halogens is 1. The van der Waals surface area contributed by atoms with E-state index in [0.717, 1.165) is 0 Å². The van der Waals surface area contributed by atoms with Gasteiger partial charge in [0.25, 0.3) is 5.91 Å². The van der Waals surface area contributed by atoms with Gasteiger partial charge in [0.15, 0.2) is 5.15 Å². The molecule has 4 nitrogen and oxygen atoms in total. The molecule has 1 amide bonds. The van der Waals surface area contributed by atoms with Crippen LogP contribution in [0.4, 0.5) is 5.69 Å². The van der Waals surface area contributed by atoms with E-state index < -0.39 is 0 Å². The summed E-state index contributed by atoms with van der Waals surface area (Å²) >= 11 is 5.82. The Morgan fingerprint density at radius 2 is 2.31 bits per heavy atom. The van der Waals surface area contributed by atoms with E-state index in [1.54, 1.807) is 31.3 Å². The summed E-state index contributed by atoms with van der Waals surface area (Å²) in [5.74, 6) is 0.304. The smallest absolute Gasteiger partial charge is 0.259 e. The fourth-order valence-corrected chi connectivity index (χ4v) is 1.46. The van der Waals surface area contributed by atoms with Gasteiger partial charge in [-0.1, -0.05) is 11.6 Å². The molecule has 0 aromatic carbocycles. The van der Waals surface area contributed by atoms with Crippen LogP contribution in [0.1, 0.15) is 16.1 Å². The SMILES string of the molecule is Cc1occc1C(=O)Nc1cccnc1Cl. The van der Waals surface area contributed by atoms with Gasteiger partial charge in [0, 0.05) is 6.20 Å². The Hall–Kier alpha value is -1.81. The van der Waals surface area contributed by atoms with Gasteiger partial charge in [-0.05, 0) is 25.1 Å². The summed E-state index contributed by atoms with van der Waals surface area (Å²) < 4.78 is 5.04. The summed E-state index contributed by atoms with van der Waals surface area (Å²) in [6, 6.07) is 4.99. The molecule has 0 saturated heterocycles. The molecular formula is C11H9ClN2O2. The first kappa shape index (κ1) is 10.7. The summed E-state index contributed by atoms with van der Waals surface area (Å²) in [7, 11) is 0. The zero-order chi connectivity index (χ0) is 11.5. The van der Waals surface area contributed by atoms with E-state index in [0.29, 0.717) is 17.0 Å². The molecule has 1 N–H and O–H groups in total. The number of hydrogen-bond donors (Lipinski definition) is 1. The van der Waals surface area contributed by atoms with E-state index in [4.69, 9.17) is 16.0 Å². The van der Waals surface area contributed by atoms with Crippen LogP contribution < -0.4 is 5.32 Å². The number of rotatable bonds is 2. The number of hydrogen-bond acceptors (Lipinski definition) is 3. The van der Waals surface area contributed by atoms with Gasteiger partial charge in [-0.2, -0.15) is 0 Å². The molecule has 0 aliphatic carbocycles. The highest BCUT2D eigenvalue weighted by atomic mass is 35.5. The van der Waals surface area contributed by atoms with E-state index >= 15 is 0 Å². The summed E-state index contributed by atoms with van der Waals surface area (Å²) in [5.41, 5.74) is 0.967. The number of nitrogens with zero attached hydrogens (tertiary/aromatic N) is 1.